The quantitative estimate of drug-likeness (QED) is 0.702. The van der Waals surface area contributed by atoms with E-state index in [-0.39, 0.29) is 17.7 Å². The van der Waals surface area contributed by atoms with Crippen LogP contribution >= 0.6 is 11.8 Å². The molecular formula is C20H19NO5S. The Morgan fingerprint density at radius 3 is 2.15 bits per heavy atom. The van der Waals surface area contributed by atoms with Gasteiger partial charge in [0.2, 0.25) is 5.75 Å². The average Bonchev–Trinajstić information content (AvgIpc) is 2.95. The standard InChI is InChI=1S/C20H19NO5S/c1-24-15-9-14(10-16(25-2)18(15)26-3)11-17-19(22)21(20(23)27-17)12-13-7-5-4-6-8-13/h4-11H,12H2,1-3H3/b17-11-. The van der Waals surface area contributed by atoms with Crippen molar-refractivity contribution in [3.05, 3.63) is 58.5 Å². The van der Waals surface area contributed by atoms with Crippen molar-refractivity contribution in [3.8, 4) is 17.2 Å². The second kappa shape index (κ2) is 8.18. The zero-order valence-corrected chi connectivity index (χ0v) is 16.0. The van der Waals surface area contributed by atoms with Gasteiger partial charge in [0.25, 0.3) is 11.1 Å². The van der Waals surface area contributed by atoms with Crippen LogP contribution in [0.2, 0.25) is 0 Å². The van der Waals surface area contributed by atoms with E-state index in [1.54, 1.807) is 18.2 Å². The molecule has 6 nitrogen and oxygen atoms in total. The van der Waals surface area contributed by atoms with Crippen molar-refractivity contribution < 1.29 is 23.8 Å². The van der Waals surface area contributed by atoms with E-state index in [0.717, 1.165) is 17.3 Å². The fourth-order valence-corrected chi connectivity index (χ4v) is 3.58. The van der Waals surface area contributed by atoms with Gasteiger partial charge in [-0.25, -0.2) is 0 Å². The Morgan fingerprint density at radius 2 is 1.59 bits per heavy atom. The Bertz CT molecular complexity index is 869. The number of amides is 2. The van der Waals surface area contributed by atoms with Gasteiger partial charge in [-0.3, -0.25) is 14.5 Å². The molecule has 0 atom stereocenters. The molecule has 3 rings (SSSR count). The molecule has 0 unspecified atom stereocenters. The van der Waals surface area contributed by atoms with E-state index < -0.39 is 0 Å². The van der Waals surface area contributed by atoms with Crippen molar-refractivity contribution in [2.75, 3.05) is 21.3 Å². The lowest BCUT2D eigenvalue weighted by Crippen LogP contribution is -2.27. The lowest BCUT2D eigenvalue weighted by Gasteiger charge is -2.13. The van der Waals surface area contributed by atoms with E-state index in [1.165, 1.54) is 26.2 Å². The molecule has 1 saturated heterocycles. The molecular weight excluding hydrogens is 366 g/mol. The second-order valence-electron chi connectivity index (χ2n) is 5.71. The normalized spacial score (nSPS) is 15.4. The molecule has 1 aliphatic rings. The van der Waals surface area contributed by atoms with E-state index in [9.17, 15) is 9.59 Å². The average molecular weight is 385 g/mol. The first kappa shape index (κ1) is 18.8. The number of methoxy groups -OCH3 is 3. The van der Waals surface area contributed by atoms with Crippen LogP contribution in [-0.2, 0) is 11.3 Å². The van der Waals surface area contributed by atoms with Gasteiger partial charge in [0, 0.05) is 0 Å². The van der Waals surface area contributed by atoms with Gasteiger partial charge in [-0.05, 0) is 41.1 Å². The van der Waals surface area contributed by atoms with Gasteiger partial charge in [0.1, 0.15) is 0 Å². The highest BCUT2D eigenvalue weighted by Gasteiger charge is 2.35. The summed E-state index contributed by atoms with van der Waals surface area (Å²) in [5.74, 6) is 1.11. The van der Waals surface area contributed by atoms with E-state index in [0.29, 0.717) is 27.7 Å². The molecule has 0 aromatic heterocycles. The third-order valence-corrected chi connectivity index (χ3v) is 4.95. The lowest BCUT2D eigenvalue weighted by atomic mass is 10.1. The Balaban J connectivity index is 1.89. The third-order valence-electron chi connectivity index (χ3n) is 4.04. The molecule has 0 radical (unpaired) electrons. The molecule has 27 heavy (non-hydrogen) atoms. The van der Waals surface area contributed by atoms with Crippen LogP contribution in [0.3, 0.4) is 0 Å². The Labute approximate surface area is 161 Å². The summed E-state index contributed by atoms with van der Waals surface area (Å²) >= 11 is 0.918. The first-order chi connectivity index (χ1) is 13.1. The molecule has 0 bridgehead atoms. The van der Waals surface area contributed by atoms with Gasteiger partial charge in [-0.2, -0.15) is 0 Å². The number of carbonyl (C=O) groups excluding carboxylic acids is 2. The minimum absolute atomic E-state index is 0.248. The minimum atomic E-state index is -0.317. The Morgan fingerprint density at radius 1 is 0.963 bits per heavy atom. The molecule has 2 aromatic carbocycles. The van der Waals surface area contributed by atoms with Crippen LogP contribution in [0.5, 0.6) is 17.2 Å². The van der Waals surface area contributed by atoms with Crippen LogP contribution in [0.4, 0.5) is 4.79 Å². The number of hydrogen-bond acceptors (Lipinski definition) is 6. The molecule has 0 spiro atoms. The van der Waals surface area contributed by atoms with Gasteiger partial charge in [0.05, 0.1) is 32.8 Å². The zero-order chi connectivity index (χ0) is 19.4. The number of benzene rings is 2. The molecule has 0 aliphatic carbocycles. The fourth-order valence-electron chi connectivity index (χ4n) is 2.74. The molecule has 7 heteroatoms. The SMILES string of the molecule is COc1cc(/C=C2\SC(=O)N(Cc3ccccc3)C2=O)cc(OC)c1OC. The molecule has 2 amide bonds. The van der Waals surface area contributed by atoms with Crippen LogP contribution in [0, 0.1) is 0 Å². The van der Waals surface area contributed by atoms with E-state index >= 15 is 0 Å². The number of imide groups is 1. The molecule has 1 fully saturated rings. The van der Waals surface area contributed by atoms with Gasteiger partial charge in [0.15, 0.2) is 11.5 Å². The summed E-state index contributed by atoms with van der Waals surface area (Å²) in [7, 11) is 4.57. The summed E-state index contributed by atoms with van der Waals surface area (Å²) < 4.78 is 16.0. The van der Waals surface area contributed by atoms with E-state index in [4.69, 9.17) is 14.2 Å². The number of thioether (sulfide) groups is 1. The van der Waals surface area contributed by atoms with Gasteiger partial charge in [-0.1, -0.05) is 30.3 Å². The third kappa shape index (κ3) is 3.93. The summed E-state index contributed by atoms with van der Waals surface area (Å²) in [6, 6.07) is 12.9. The first-order valence-electron chi connectivity index (χ1n) is 8.16. The van der Waals surface area contributed by atoms with Crippen molar-refractivity contribution >= 4 is 29.0 Å². The largest absolute Gasteiger partial charge is 0.493 e. The predicted molar refractivity (Wildman–Crippen MR) is 104 cm³/mol. The summed E-state index contributed by atoms with van der Waals surface area (Å²) in [4.78, 5) is 26.6. The van der Waals surface area contributed by atoms with Crippen molar-refractivity contribution in [1.82, 2.24) is 4.90 Å². The smallest absolute Gasteiger partial charge is 0.293 e. The first-order valence-corrected chi connectivity index (χ1v) is 8.98. The van der Waals surface area contributed by atoms with Crippen molar-refractivity contribution in [1.29, 1.82) is 0 Å². The fraction of sp³-hybridized carbons (Fsp3) is 0.200. The highest BCUT2D eigenvalue weighted by Crippen LogP contribution is 2.40. The Hall–Kier alpha value is -2.93. The topological polar surface area (TPSA) is 65.1 Å². The van der Waals surface area contributed by atoms with E-state index in [1.807, 2.05) is 30.3 Å². The summed E-state index contributed by atoms with van der Waals surface area (Å²) in [5.41, 5.74) is 1.57. The molecule has 1 aliphatic heterocycles. The number of carbonyl (C=O) groups is 2. The highest BCUT2D eigenvalue weighted by atomic mass is 32.2. The van der Waals surface area contributed by atoms with Crippen LogP contribution in [0.25, 0.3) is 6.08 Å². The minimum Gasteiger partial charge on any atom is -0.493 e. The van der Waals surface area contributed by atoms with Crippen molar-refractivity contribution in [2.24, 2.45) is 0 Å². The van der Waals surface area contributed by atoms with Crippen LogP contribution in [-0.4, -0.2) is 37.4 Å². The highest BCUT2D eigenvalue weighted by molar-refractivity contribution is 8.18. The lowest BCUT2D eigenvalue weighted by molar-refractivity contribution is -0.123. The summed E-state index contributed by atoms with van der Waals surface area (Å²) in [6.07, 6.45) is 1.65. The monoisotopic (exact) mass is 385 g/mol. The van der Waals surface area contributed by atoms with E-state index in [2.05, 4.69) is 0 Å². The van der Waals surface area contributed by atoms with Crippen molar-refractivity contribution in [3.63, 3.8) is 0 Å². The Kier molecular flexibility index (Phi) is 5.71. The van der Waals surface area contributed by atoms with Crippen LogP contribution in [0.1, 0.15) is 11.1 Å². The van der Waals surface area contributed by atoms with Gasteiger partial charge >= 0.3 is 0 Å². The maximum atomic E-state index is 12.7. The molecule has 2 aromatic rings. The number of nitrogens with zero attached hydrogens (tertiary/aromatic N) is 1. The van der Waals surface area contributed by atoms with Crippen LogP contribution < -0.4 is 14.2 Å². The number of hydrogen-bond donors (Lipinski definition) is 0. The van der Waals surface area contributed by atoms with Gasteiger partial charge in [-0.15, -0.1) is 0 Å². The van der Waals surface area contributed by atoms with Crippen molar-refractivity contribution in [2.45, 2.75) is 6.54 Å². The molecule has 1 heterocycles. The zero-order valence-electron chi connectivity index (χ0n) is 15.2. The van der Waals surface area contributed by atoms with Crippen LogP contribution in [0.15, 0.2) is 47.4 Å². The summed E-state index contributed by atoms with van der Waals surface area (Å²) in [6.45, 7) is 0.248. The molecule has 0 N–H and O–H groups in total. The summed E-state index contributed by atoms with van der Waals surface area (Å²) in [5, 5.41) is -0.289. The van der Waals surface area contributed by atoms with Gasteiger partial charge < -0.3 is 14.2 Å². The molecule has 0 saturated carbocycles. The maximum absolute atomic E-state index is 12.7. The number of ether oxygens (including phenoxy) is 3. The number of rotatable bonds is 6. The second-order valence-corrected chi connectivity index (χ2v) is 6.71. The molecule has 140 valence electrons. The maximum Gasteiger partial charge on any atom is 0.293 e. The predicted octanol–water partition coefficient (Wildman–Crippen LogP) is 3.95.